The quantitative estimate of drug-likeness (QED) is 0.573. The van der Waals surface area contributed by atoms with Crippen LogP contribution in [0.25, 0.3) is 0 Å². The zero-order chi connectivity index (χ0) is 23.2. The average molecular weight is 454 g/mol. The van der Waals surface area contributed by atoms with Crippen LogP contribution in [-0.2, 0) is 9.53 Å². The first-order valence-electron chi connectivity index (χ1n) is 11.7. The molecule has 33 heavy (non-hydrogen) atoms. The van der Waals surface area contributed by atoms with Crippen LogP contribution in [0.3, 0.4) is 0 Å². The normalized spacial score (nSPS) is 20.8. The molecule has 0 radical (unpaired) electrons. The van der Waals surface area contributed by atoms with E-state index in [1.165, 1.54) is 35.4 Å². The number of halogens is 1. The fraction of sp³-hybridized carbons (Fsp3) is 0.462. The molecule has 1 saturated carbocycles. The number of rotatable bonds is 9. The Balaban J connectivity index is 1.29. The molecule has 1 aliphatic carbocycles. The van der Waals surface area contributed by atoms with Crippen molar-refractivity contribution >= 4 is 11.8 Å². The summed E-state index contributed by atoms with van der Waals surface area (Å²) in [4.78, 5) is 27.5. The molecule has 0 aromatic heterocycles. The molecule has 2 fully saturated rings. The molecule has 3 atom stereocenters. The Kier molecular flexibility index (Phi) is 7.73. The van der Waals surface area contributed by atoms with Gasteiger partial charge in [-0.05, 0) is 62.6 Å². The second-order valence-electron chi connectivity index (χ2n) is 8.93. The highest BCUT2D eigenvalue weighted by molar-refractivity contribution is 5.97. The van der Waals surface area contributed by atoms with Crippen molar-refractivity contribution in [1.82, 2.24) is 15.5 Å². The van der Waals surface area contributed by atoms with Gasteiger partial charge in [-0.15, -0.1) is 0 Å². The highest BCUT2D eigenvalue weighted by Crippen LogP contribution is 2.40. The number of carbonyl (C=O) groups is 2. The number of hydrogen-bond acceptors (Lipinski definition) is 4. The number of amides is 2. The molecule has 2 amide bonds. The minimum Gasteiger partial charge on any atom is -0.378 e. The summed E-state index contributed by atoms with van der Waals surface area (Å²) in [6.07, 6.45) is 2.43. The summed E-state index contributed by atoms with van der Waals surface area (Å²) in [6.45, 7) is 4.95. The van der Waals surface area contributed by atoms with E-state index < -0.39 is 11.9 Å². The Bertz CT molecular complexity index is 942. The van der Waals surface area contributed by atoms with Gasteiger partial charge in [0.25, 0.3) is 5.91 Å². The van der Waals surface area contributed by atoms with Gasteiger partial charge >= 0.3 is 0 Å². The van der Waals surface area contributed by atoms with Crippen molar-refractivity contribution in [2.45, 2.75) is 44.2 Å². The molecule has 2 aromatic rings. The summed E-state index contributed by atoms with van der Waals surface area (Å²) in [7, 11) is 0. The predicted molar refractivity (Wildman–Crippen MR) is 125 cm³/mol. The fourth-order valence-electron chi connectivity index (χ4n) is 4.30. The van der Waals surface area contributed by atoms with Crippen LogP contribution < -0.4 is 10.6 Å². The summed E-state index contributed by atoms with van der Waals surface area (Å²) in [6, 6.07) is 13.9. The Morgan fingerprint density at radius 2 is 1.79 bits per heavy atom. The first-order valence-corrected chi connectivity index (χ1v) is 11.7. The first kappa shape index (κ1) is 23.4. The van der Waals surface area contributed by atoms with Crippen LogP contribution in [0.4, 0.5) is 4.39 Å². The maximum atomic E-state index is 13.2. The molecule has 4 rings (SSSR count). The van der Waals surface area contributed by atoms with Gasteiger partial charge in [0.2, 0.25) is 5.91 Å². The van der Waals surface area contributed by atoms with E-state index in [4.69, 9.17) is 4.74 Å². The summed E-state index contributed by atoms with van der Waals surface area (Å²) < 4.78 is 18.6. The van der Waals surface area contributed by atoms with E-state index in [1.54, 1.807) is 4.90 Å². The van der Waals surface area contributed by atoms with Crippen LogP contribution in [0.1, 0.15) is 46.7 Å². The number of morpholine rings is 1. The van der Waals surface area contributed by atoms with E-state index >= 15 is 0 Å². The van der Waals surface area contributed by atoms with Crippen molar-refractivity contribution in [1.29, 1.82) is 0 Å². The van der Waals surface area contributed by atoms with Gasteiger partial charge in [-0.25, -0.2) is 4.39 Å². The number of nitrogens with zero attached hydrogens (tertiary/aromatic N) is 1. The second kappa shape index (κ2) is 10.9. The molecule has 1 aliphatic heterocycles. The number of benzene rings is 2. The largest absolute Gasteiger partial charge is 0.378 e. The molecule has 0 unspecified atom stereocenters. The monoisotopic (exact) mass is 453 g/mol. The van der Waals surface area contributed by atoms with E-state index in [2.05, 4.69) is 41.8 Å². The second-order valence-corrected chi connectivity index (χ2v) is 8.93. The third-order valence-electron chi connectivity index (χ3n) is 6.40. The number of hydrogen-bond donors (Lipinski definition) is 2. The zero-order valence-electron chi connectivity index (χ0n) is 19.1. The molecule has 0 spiro atoms. The topological polar surface area (TPSA) is 70.7 Å². The Morgan fingerprint density at radius 3 is 2.48 bits per heavy atom. The Hall–Kier alpha value is -2.77. The summed E-state index contributed by atoms with van der Waals surface area (Å²) in [5, 5.41) is 6.46. The molecule has 2 aromatic carbocycles. The highest BCUT2D eigenvalue weighted by atomic mass is 19.1. The van der Waals surface area contributed by atoms with Crippen molar-refractivity contribution in [2.24, 2.45) is 0 Å². The first-order chi connectivity index (χ1) is 16.0. The smallest absolute Gasteiger partial charge is 0.251 e. The average Bonchev–Trinajstić information content (AvgIpc) is 3.61. The summed E-state index contributed by atoms with van der Waals surface area (Å²) >= 11 is 0. The van der Waals surface area contributed by atoms with Crippen LogP contribution >= 0.6 is 0 Å². The van der Waals surface area contributed by atoms with Crippen molar-refractivity contribution in [3.63, 3.8) is 0 Å². The minimum absolute atomic E-state index is 0.0854. The molecule has 2 N–H and O–H groups in total. The number of carbonyl (C=O) groups excluding carboxylic acids is 2. The Morgan fingerprint density at radius 1 is 1.09 bits per heavy atom. The fourth-order valence-corrected chi connectivity index (χ4v) is 4.30. The van der Waals surface area contributed by atoms with E-state index in [0.29, 0.717) is 50.2 Å². The third kappa shape index (κ3) is 6.39. The van der Waals surface area contributed by atoms with Crippen molar-refractivity contribution < 1.29 is 18.7 Å². The van der Waals surface area contributed by atoms with Crippen molar-refractivity contribution in [3.8, 4) is 0 Å². The van der Waals surface area contributed by atoms with Crippen LogP contribution in [0.2, 0.25) is 0 Å². The van der Waals surface area contributed by atoms with Crippen LogP contribution in [0.5, 0.6) is 0 Å². The van der Waals surface area contributed by atoms with E-state index in [-0.39, 0.29) is 11.8 Å². The van der Waals surface area contributed by atoms with E-state index in [0.717, 1.165) is 19.4 Å². The molecular weight excluding hydrogens is 421 g/mol. The lowest BCUT2D eigenvalue weighted by atomic mass is 10.1. The van der Waals surface area contributed by atoms with Gasteiger partial charge in [0.15, 0.2) is 0 Å². The van der Waals surface area contributed by atoms with Gasteiger partial charge < -0.3 is 20.3 Å². The SMILES string of the molecule is Cc1ccc([C@@H]2C[C@H]2NCCC[C@H](NC(=O)c2ccc(F)cc2)C(=O)N2CCOCC2)cc1. The molecule has 6 nitrogen and oxygen atoms in total. The lowest BCUT2D eigenvalue weighted by Crippen LogP contribution is -2.52. The number of nitrogens with one attached hydrogen (secondary N) is 2. The zero-order valence-corrected chi connectivity index (χ0v) is 19.1. The maximum Gasteiger partial charge on any atom is 0.251 e. The van der Waals surface area contributed by atoms with Crippen molar-refractivity contribution in [3.05, 3.63) is 71.0 Å². The van der Waals surface area contributed by atoms with E-state index in [9.17, 15) is 14.0 Å². The third-order valence-corrected chi connectivity index (χ3v) is 6.40. The van der Waals surface area contributed by atoms with Gasteiger partial charge in [-0.1, -0.05) is 29.8 Å². The standard InChI is InChI=1S/C26H32FN3O3/c1-18-4-6-19(7-5-18)22-17-24(22)28-12-2-3-23(26(32)30-13-15-33-16-14-30)29-25(31)20-8-10-21(27)11-9-20/h4-11,22-24,28H,2-3,12-17H2,1H3,(H,29,31)/t22-,23-,24+/m0/s1. The summed E-state index contributed by atoms with van der Waals surface area (Å²) in [5.41, 5.74) is 2.97. The number of ether oxygens (including phenoxy) is 1. The lowest BCUT2D eigenvalue weighted by Gasteiger charge is -2.31. The van der Waals surface area contributed by atoms with Gasteiger partial charge in [-0.2, -0.15) is 0 Å². The highest BCUT2D eigenvalue weighted by Gasteiger charge is 2.37. The minimum atomic E-state index is -0.616. The number of aryl methyl sites for hydroxylation is 1. The molecular formula is C26H32FN3O3. The van der Waals surface area contributed by atoms with Crippen LogP contribution in [0.15, 0.2) is 48.5 Å². The van der Waals surface area contributed by atoms with Gasteiger partial charge in [0.05, 0.1) is 13.2 Å². The van der Waals surface area contributed by atoms with Gasteiger partial charge in [0.1, 0.15) is 11.9 Å². The van der Waals surface area contributed by atoms with Crippen molar-refractivity contribution in [2.75, 3.05) is 32.8 Å². The summed E-state index contributed by atoms with van der Waals surface area (Å²) in [5.74, 6) is -0.300. The molecule has 0 bridgehead atoms. The van der Waals surface area contributed by atoms with E-state index in [1.807, 2.05) is 0 Å². The Labute approximate surface area is 194 Å². The van der Waals surface area contributed by atoms with Gasteiger partial charge in [-0.3, -0.25) is 9.59 Å². The molecule has 1 heterocycles. The van der Waals surface area contributed by atoms with Crippen LogP contribution in [-0.4, -0.2) is 61.6 Å². The molecule has 176 valence electrons. The molecule has 7 heteroatoms. The molecule has 1 saturated heterocycles. The lowest BCUT2D eigenvalue weighted by molar-refractivity contribution is -0.137. The van der Waals surface area contributed by atoms with Gasteiger partial charge in [0, 0.05) is 30.6 Å². The maximum absolute atomic E-state index is 13.2. The van der Waals surface area contributed by atoms with Crippen LogP contribution in [0, 0.1) is 12.7 Å². The predicted octanol–water partition coefficient (Wildman–Crippen LogP) is 3.02. The molecule has 2 aliphatic rings.